The maximum absolute atomic E-state index is 6.15. The predicted octanol–water partition coefficient (Wildman–Crippen LogP) is 4.46. The number of ether oxygens (including phenoxy) is 2. The molecule has 0 spiro atoms. The van der Waals surface area contributed by atoms with Crippen LogP contribution in [0.25, 0.3) is 0 Å². The van der Waals surface area contributed by atoms with Crippen molar-refractivity contribution in [2.75, 3.05) is 19.0 Å². The van der Waals surface area contributed by atoms with Gasteiger partial charge < -0.3 is 14.8 Å². The number of benzene rings is 2. The SMILES string of the molecule is COc1ccc(NC(C)c2ccc3c(c2)CCO3)cc1Cl. The monoisotopic (exact) mass is 303 g/mol. The minimum absolute atomic E-state index is 0.195. The van der Waals surface area contributed by atoms with Crippen molar-refractivity contribution in [3.05, 3.63) is 52.5 Å². The second-order valence-corrected chi connectivity index (χ2v) is 5.59. The molecule has 2 aromatic rings. The van der Waals surface area contributed by atoms with E-state index >= 15 is 0 Å². The van der Waals surface area contributed by atoms with Crippen LogP contribution in [0, 0.1) is 0 Å². The Bertz CT molecular complexity index is 657. The van der Waals surface area contributed by atoms with Crippen molar-refractivity contribution < 1.29 is 9.47 Å². The van der Waals surface area contributed by atoms with Gasteiger partial charge in [0.2, 0.25) is 0 Å². The first-order chi connectivity index (χ1) is 10.2. The molecule has 1 aliphatic rings. The Morgan fingerprint density at radius 3 is 2.86 bits per heavy atom. The Kier molecular flexibility index (Phi) is 3.93. The normalized spacial score (nSPS) is 14.2. The first kappa shape index (κ1) is 14.1. The van der Waals surface area contributed by atoms with E-state index in [1.54, 1.807) is 7.11 Å². The lowest BCUT2D eigenvalue weighted by Crippen LogP contribution is -2.06. The van der Waals surface area contributed by atoms with Crippen molar-refractivity contribution in [2.24, 2.45) is 0 Å². The van der Waals surface area contributed by atoms with Crippen LogP contribution in [-0.4, -0.2) is 13.7 Å². The molecule has 0 aliphatic carbocycles. The summed E-state index contributed by atoms with van der Waals surface area (Å²) in [6.07, 6.45) is 0.990. The molecule has 1 unspecified atom stereocenters. The standard InChI is InChI=1S/C17H18ClNO2/c1-11(12-3-5-16-13(9-12)7-8-21-16)19-14-4-6-17(20-2)15(18)10-14/h3-6,9-11,19H,7-8H2,1-2H3. The van der Waals surface area contributed by atoms with E-state index in [-0.39, 0.29) is 6.04 Å². The van der Waals surface area contributed by atoms with Gasteiger partial charge >= 0.3 is 0 Å². The topological polar surface area (TPSA) is 30.5 Å². The molecule has 1 N–H and O–H groups in total. The van der Waals surface area contributed by atoms with Gasteiger partial charge in [-0.25, -0.2) is 0 Å². The van der Waals surface area contributed by atoms with Gasteiger partial charge in [-0.15, -0.1) is 0 Å². The Morgan fingerprint density at radius 1 is 1.24 bits per heavy atom. The van der Waals surface area contributed by atoms with Gasteiger partial charge in [0, 0.05) is 18.2 Å². The van der Waals surface area contributed by atoms with Crippen LogP contribution in [0.4, 0.5) is 5.69 Å². The molecule has 0 amide bonds. The molecule has 0 saturated heterocycles. The quantitative estimate of drug-likeness (QED) is 0.905. The highest BCUT2D eigenvalue weighted by Crippen LogP contribution is 2.31. The zero-order chi connectivity index (χ0) is 14.8. The lowest BCUT2D eigenvalue weighted by molar-refractivity contribution is 0.357. The zero-order valence-electron chi connectivity index (χ0n) is 12.2. The maximum atomic E-state index is 6.15. The fourth-order valence-electron chi connectivity index (χ4n) is 2.57. The molecule has 0 aromatic heterocycles. The van der Waals surface area contributed by atoms with Gasteiger partial charge in [-0.05, 0) is 48.4 Å². The minimum atomic E-state index is 0.195. The highest BCUT2D eigenvalue weighted by molar-refractivity contribution is 6.32. The summed E-state index contributed by atoms with van der Waals surface area (Å²) in [5, 5.41) is 4.07. The van der Waals surface area contributed by atoms with E-state index < -0.39 is 0 Å². The fourth-order valence-corrected chi connectivity index (χ4v) is 2.82. The third-order valence-electron chi connectivity index (χ3n) is 3.75. The number of anilines is 1. The van der Waals surface area contributed by atoms with Crippen molar-refractivity contribution in [2.45, 2.75) is 19.4 Å². The molecule has 0 radical (unpaired) electrons. The summed E-state index contributed by atoms with van der Waals surface area (Å²) < 4.78 is 10.7. The fraction of sp³-hybridized carbons (Fsp3) is 0.294. The summed E-state index contributed by atoms with van der Waals surface area (Å²) in [5.41, 5.74) is 3.50. The highest BCUT2D eigenvalue weighted by Gasteiger charge is 2.14. The maximum Gasteiger partial charge on any atom is 0.137 e. The van der Waals surface area contributed by atoms with Crippen LogP contribution in [0.3, 0.4) is 0 Å². The summed E-state index contributed by atoms with van der Waals surface area (Å²) in [5.74, 6) is 1.70. The Morgan fingerprint density at radius 2 is 2.10 bits per heavy atom. The third-order valence-corrected chi connectivity index (χ3v) is 4.04. The van der Waals surface area contributed by atoms with Gasteiger partial charge in [0.1, 0.15) is 11.5 Å². The molecular formula is C17H18ClNO2. The molecule has 1 heterocycles. The van der Waals surface area contributed by atoms with Crippen molar-refractivity contribution in [3.63, 3.8) is 0 Å². The average Bonchev–Trinajstić information content (AvgIpc) is 2.94. The second kappa shape index (κ2) is 5.86. The largest absolute Gasteiger partial charge is 0.495 e. The molecular weight excluding hydrogens is 286 g/mol. The van der Waals surface area contributed by atoms with Crippen molar-refractivity contribution in [1.29, 1.82) is 0 Å². The van der Waals surface area contributed by atoms with E-state index in [4.69, 9.17) is 21.1 Å². The summed E-state index contributed by atoms with van der Waals surface area (Å²) in [7, 11) is 1.61. The molecule has 2 aromatic carbocycles. The van der Waals surface area contributed by atoms with Gasteiger partial charge in [-0.2, -0.15) is 0 Å². The summed E-state index contributed by atoms with van der Waals surface area (Å²) in [4.78, 5) is 0. The van der Waals surface area contributed by atoms with E-state index in [1.807, 2.05) is 18.2 Å². The highest BCUT2D eigenvalue weighted by atomic mass is 35.5. The van der Waals surface area contributed by atoms with Crippen LogP contribution in [0.2, 0.25) is 5.02 Å². The van der Waals surface area contributed by atoms with Gasteiger partial charge in [0.15, 0.2) is 0 Å². The lowest BCUT2D eigenvalue weighted by atomic mass is 10.0. The number of hydrogen-bond donors (Lipinski definition) is 1. The molecule has 0 saturated carbocycles. The molecule has 110 valence electrons. The molecule has 3 rings (SSSR count). The first-order valence-electron chi connectivity index (χ1n) is 7.03. The van der Waals surface area contributed by atoms with Gasteiger partial charge in [0.25, 0.3) is 0 Å². The number of methoxy groups -OCH3 is 1. The van der Waals surface area contributed by atoms with Gasteiger partial charge in [-0.3, -0.25) is 0 Å². The van der Waals surface area contributed by atoms with Crippen LogP contribution in [0.15, 0.2) is 36.4 Å². The van der Waals surface area contributed by atoms with Crippen molar-refractivity contribution in [1.82, 2.24) is 0 Å². The smallest absolute Gasteiger partial charge is 0.137 e. The molecule has 0 fully saturated rings. The number of rotatable bonds is 4. The van der Waals surface area contributed by atoms with Crippen molar-refractivity contribution >= 4 is 17.3 Å². The Balaban J connectivity index is 1.76. The molecule has 4 heteroatoms. The predicted molar refractivity (Wildman–Crippen MR) is 85.7 cm³/mol. The van der Waals surface area contributed by atoms with Crippen LogP contribution >= 0.6 is 11.6 Å². The van der Waals surface area contributed by atoms with Crippen LogP contribution in [0.1, 0.15) is 24.1 Å². The third kappa shape index (κ3) is 2.93. The first-order valence-corrected chi connectivity index (χ1v) is 7.41. The van der Waals surface area contributed by atoms with Crippen molar-refractivity contribution in [3.8, 4) is 11.5 Å². The second-order valence-electron chi connectivity index (χ2n) is 5.18. The van der Waals surface area contributed by atoms with Gasteiger partial charge in [0.05, 0.1) is 18.7 Å². The molecule has 3 nitrogen and oxygen atoms in total. The summed E-state index contributed by atoms with van der Waals surface area (Å²) >= 11 is 6.15. The Labute approximate surface area is 129 Å². The Hall–Kier alpha value is -1.87. The number of hydrogen-bond acceptors (Lipinski definition) is 3. The van der Waals surface area contributed by atoms with Crippen LogP contribution < -0.4 is 14.8 Å². The van der Waals surface area contributed by atoms with Crippen LogP contribution in [-0.2, 0) is 6.42 Å². The van der Waals surface area contributed by atoms with Gasteiger partial charge in [-0.1, -0.05) is 17.7 Å². The molecule has 21 heavy (non-hydrogen) atoms. The van der Waals surface area contributed by atoms with E-state index in [9.17, 15) is 0 Å². The summed E-state index contributed by atoms with van der Waals surface area (Å²) in [6, 6.07) is 12.3. The number of halogens is 1. The number of fused-ring (bicyclic) bond motifs is 1. The van der Waals surface area contributed by atoms with Crippen LogP contribution in [0.5, 0.6) is 11.5 Å². The van der Waals surface area contributed by atoms with E-state index in [0.717, 1.165) is 24.5 Å². The molecule has 0 bridgehead atoms. The van der Waals surface area contributed by atoms with E-state index in [0.29, 0.717) is 10.8 Å². The molecule has 1 atom stereocenters. The molecule has 1 aliphatic heterocycles. The summed E-state index contributed by atoms with van der Waals surface area (Å²) in [6.45, 7) is 2.92. The lowest BCUT2D eigenvalue weighted by Gasteiger charge is -2.17. The zero-order valence-corrected chi connectivity index (χ0v) is 12.9. The van der Waals surface area contributed by atoms with E-state index in [2.05, 4.69) is 30.4 Å². The van der Waals surface area contributed by atoms with E-state index in [1.165, 1.54) is 11.1 Å². The average molecular weight is 304 g/mol. The number of nitrogens with one attached hydrogen (secondary N) is 1. The minimum Gasteiger partial charge on any atom is -0.495 e.